The van der Waals surface area contributed by atoms with Gasteiger partial charge < -0.3 is 9.84 Å². The zero-order valence-corrected chi connectivity index (χ0v) is 7.69. The Bertz CT molecular complexity index is 257. The number of hydrogen-bond donors (Lipinski definition) is 1. The van der Waals surface area contributed by atoms with Crippen LogP contribution in [0, 0.1) is 11.8 Å². The lowest BCUT2D eigenvalue weighted by molar-refractivity contribution is -0.121. The van der Waals surface area contributed by atoms with Crippen LogP contribution in [0.3, 0.4) is 0 Å². The Hall–Kier alpha value is -0.670. The fourth-order valence-electron chi connectivity index (χ4n) is 2.34. The molecule has 2 aliphatic rings. The second kappa shape index (κ2) is 3.24. The molecule has 1 saturated heterocycles. The van der Waals surface area contributed by atoms with E-state index in [0.29, 0.717) is 12.5 Å². The highest BCUT2D eigenvalue weighted by Gasteiger charge is 2.42. The van der Waals surface area contributed by atoms with Crippen molar-refractivity contribution in [2.24, 2.45) is 11.8 Å². The summed E-state index contributed by atoms with van der Waals surface area (Å²) in [5.74, 6) is 0.341. The van der Waals surface area contributed by atoms with Crippen molar-refractivity contribution < 1.29 is 14.6 Å². The van der Waals surface area contributed by atoms with E-state index >= 15 is 0 Å². The number of hydrogen-bond acceptors (Lipinski definition) is 3. The first-order valence-corrected chi connectivity index (χ1v) is 4.66. The van der Waals surface area contributed by atoms with Crippen LogP contribution in [0.5, 0.6) is 0 Å². The van der Waals surface area contributed by atoms with Crippen LogP contribution in [-0.4, -0.2) is 30.2 Å². The molecular formula is C10H14O3. The molecule has 0 aromatic carbocycles. The van der Waals surface area contributed by atoms with E-state index in [4.69, 9.17) is 9.84 Å². The van der Waals surface area contributed by atoms with E-state index in [9.17, 15) is 4.79 Å². The van der Waals surface area contributed by atoms with Crippen molar-refractivity contribution in [3.8, 4) is 0 Å². The molecule has 0 unspecified atom stereocenters. The molecule has 0 bridgehead atoms. The van der Waals surface area contributed by atoms with E-state index in [2.05, 4.69) is 0 Å². The zero-order chi connectivity index (χ0) is 9.42. The molecular weight excluding hydrogens is 168 g/mol. The lowest BCUT2D eigenvalue weighted by atomic mass is 9.79. The minimum Gasteiger partial charge on any atom is -0.394 e. The highest BCUT2D eigenvalue weighted by molar-refractivity contribution is 5.94. The van der Waals surface area contributed by atoms with E-state index in [-0.39, 0.29) is 24.4 Å². The number of aliphatic hydroxyl groups excluding tert-OH is 1. The molecule has 1 aliphatic heterocycles. The van der Waals surface area contributed by atoms with Crippen LogP contribution in [0.1, 0.15) is 13.3 Å². The van der Waals surface area contributed by atoms with Gasteiger partial charge in [-0.15, -0.1) is 0 Å². The topological polar surface area (TPSA) is 46.5 Å². The Labute approximate surface area is 77.4 Å². The van der Waals surface area contributed by atoms with Gasteiger partial charge in [0.05, 0.1) is 25.2 Å². The lowest BCUT2D eigenvalue weighted by Gasteiger charge is -2.23. The first-order chi connectivity index (χ1) is 6.22. The van der Waals surface area contributed by atoms with Crippen LogP contribution >= 0.6 is 0 Å². The van der Waals surface area contributed by atoms with Crippen molar-refractivity contribution in [3.63, 3.8) is 0 Å². The van der Waals surface area contributed by atoms with Gasteiger partial charge in [-0.25, -0.2) is 0 Å². The van der Waals surface area contributed by atoms with Crippen LogP contribution in [0.25, 0.3) is 0 Å². The van der Waals surface area contributed by atoms with Crippen molar-refractivity contribution in [1.29, 1.82) is 0 Å². The molecule has 3 atom stereocenters. The maximum Gasteiger partial charge on any atom is 0.161 e. The predicted octanol–water partition coefficient (Wildman–Crippen LogP) is 0.529. The van der Waals surface area contributed by atoms with Gasteiger partial charge in [-0.2, -0.15) is 0 Å². The minimum absolute atomic E-state index is 0.0419. The molecule has 0 spiro atoms. The van der Waals surface area contributed by atoms with Crippen LogP contribution < -0.4 is 0 Å². The molecule has 1 aliphatic carbocycles. The van der Waals surface area contributed by atoms with Gasteiger partial charge in [-0.3, -0.25) is 4.79 Å². The highest BCUT2D eigenvalue weighted by atomic mass is 16.5. The van der Waals surface area contributed by atoms with Crippen molar-refractivity contribution in [1.82, 2.24) is 0 Å². The Morgan fingerprint density at radius 3 is 3.15 bits per heavy atom. The van der Waals surface area contributed by atoms with Gasteiger partial charge in [-0.1, -0.05) is 5.57 Å². The van der Waals surface area contributed by atoms with Gasteiger partial charge in [0.2, 0.25) is 0 Å². The molecule has 13 heavy (non-hydrogen) atoms. The van der Waals surface area contributed by atoms with E-state index in [1.165, 1.54) is 0 Å². The van der Waals surface area contributed by atoms with Crippen molar-refractivity contribution in [3.05, 3.63) is 11.6 Å². The summed E-state index contributed by atoms with van der Waals surface area (Å²) in [6.07, 6.45) is 2.37. The average molecular weight is 182 g/mol. The molecule has 72 valence electrons. The van der Waals surface area contributed by atoms with E-state index in [1.807, 2.05) is 6.92 Å². The summed E-state index contributed by atoms with van der Waals surface area (Å²) in [5, 5.41) is 8.99. The highest BCUT2D eigenvalue weighted by Crippen LogP contribution is 2.36. The Balaban J connectivity index is 2.21. The smallest absolute Gasteiger partial charge is 0.161 e. The number of allylic oxidation sites excluding steroid dienone is 2. The third-order valence-corrected chi connectivity index (χ3v) is 2.91. The van der Waals surface area contributed by atoms with Crippen molar-refractivity contribution in [2.45, 2.75) is 19.4 Å². The summed E-state index contributed by atoms with van der Waals surface area (Å²) in [5.41, 5.74) is 1.13. The molecule has 0 saturated carbocycles. The van der Waals surface area contributed by atoms with Crippen LogP contribution in [-0.2, 0) is 9.53 Å². The molecule has 2 rings (SSSR count). The molecule has 0 aromatic heterocycles. The van der Waals surface area contributed by atoms with E-state index in [1.54, 1.807) is 6.08 Å². The molecule has 3 nitrogen and oxygen atoms in total. The molecule has 1 N–H and O–H groups in total. The molecule has 0 aromatic rings. The lowest BCUT2D eigenvalue weighted by Crippen LogP contribution is -2.32. The fraction of sp³-hybridized carbons (Fsp3) is 0.700. The summed E-state index contributed by atoms with van der Waals surface area (Å²) < 4.78 is 5.36. The summed E-state index contributed by atoms with van der Waals surface area (Å²) in [4.78, 5) is 11.6. The maximum absolute atomic E-state index is 11.6. The van der Waals surface area contributed by atoms with E-state index < -0.39 is 0 Å². The zero-order valence-electron chi connectivity index (χ0n) is 7.69. The predicted molar refractivity (Wildman–Crippen MR) is 47.2 cm³/mol. The minimum atomic E-state index is -0.262. The average Bonchev–Trinajstić information content (AvgIpc) is 2.47. The number of rotatable bonds is 1. The van der Waals surface area contributed by atoms with E-state index in [0.717, 1.165) is 12.0 Å². The number of fused-ring (bicyclic) bond motifs is 1. The van der Waals surface area contributed by atoms with Gasteiger partial charge in [0.15, 0.2) is 5.78 Å². The van der Waals surface area contributed by atoms with Crippen LogP contribution in [0.4, 0.5) is 0 Å². The monoisotopic (exact) mass is 182 g/mol. The van der Waals surface area contributed by atoms with Crippen molar-refractivity contribution in [2.75, 3.05) is 13.2 Å². The third-order valence-electron chi connectivity index (χ3n) is 2.91. The number of carbonyl (C=O) groups excluding carboxylic acids is 1. The summed E-state index contributed by atoms with van der Waals surface area (Å²) in [7, 11) is 0. The number of ketones is 1. The summed E-state index contributed by atoms with van der Waals surface area (Å²) in [6, 6.07) is 0. The molecule has 1 fully saturated rings. The fourth-order valence-corrected chi connectivity index (χ4v) is 2.34. The standard InChI is InChI=1S/C10H14O3/c1-6-2-7-5-13-9(4-11)10(7)8(12)3-6/h3,7,9-11H,2,4-5H2,1H3/t7-,9+,10+/m1/s1. The second-order valence-electron chi connectivity index (χ2n) is 3.94. The first kappa shape index (κ1) is 8.91. The summed E-state index contributed by atoms with van der Waals surface area (Å²) in [6.45, 7) is 2.55. The Morgan fingerprint density at radius 1 is 1.69 bits per heavy atom. The van der Waals surface area contributed by atoms with Crippen LogP contribution in [0.15, 0.2) is 11.6 Å². The third kappa shape index (κ3) is 1.42. The van der Waals surface area contributed by atoms with Gasteiger partial charge in [0.1, 0.15) is 0 Å². The van der Waals surface area contributed by atoms with Gasteiger partial charge in [0.25, 0.3) is 0 Å². The largest absolute Gasteiger partial charge is 0.394 e. The van der Waals surface area contributed by atoms with Gasteiger partial charge in [-0.05, 0) is 25.3 Å². The quantitative estimate of drug-likeness (QED) is 0.643. The molecule has 3 heteroatoms. The molecule has 0 radical (unpaired) electrons. The van der Waals surface area contributed by atoms with Gasteiger partial charge in [0, 0.05) is 0 Å². The van der Waals surface area contributed by atoms with Crippen molar-refractivity contribution >= 4 is 5.78 Å². The first-order valence-electron chi connectivity index (χ1n) is 4.66. The number of aliphatic hydroxyl groups is 1. The molecule has 0 amide bonds. The second-order valence-corrected chi connectivity index (χ2v) is 3.94. The number of ether oxygens (including phenoxy) is 1. The SMILES string of the molecule is CC1=CC(=O)[C@@H]2[C@@H](CO[C@H]2CO)C1. The molecule has 1 heterocycles. The number of carbonyl (C=O) groups is 1. The summed E-state index contributed by atoms with van der Waals surface area (Å²) >= 11 is 0. The van der Waals surface area contributed by atoms with Crippen LogP contribution in [0.2, 0.25) is 0 Å². The van der Waals surface area contributed by atoms with Gasteiger partial charge >= 0.3 is 0 Å². The maximum atomic E-state index is 11.6. The Kier molecular flexibility index (Phi) is 2.22. The normalized spacial score (nSPS) is 38.8. The Morgan fingerprint density at radius 2 is 2.46 bits per heavy atom.